The number of rotatable bonds is 9. The van der Waals surface area contributed by atoms with E-state index < -0.39 is 23.4 Å². The van der Waals surface area contributed by atoms with Gasteiger partial charge in [-0.1, -0.05) is 18.2 Å². The average molecular weight is 550 g/mol. The zero-order chi connectivity index (χ0) is 29.3. The smallest absolute Gasteiger partial charge is 0.410 e. The molecule has 0 aliphatic rings. The highest BCUT2D eigenvalue weighted by atomic mass is 16.6. The summed E-state index contributed by atoms with van der Waals surface area (Å²) >= 11 is 0. The van der Waals surface area contributed by atoms with Gasteiger partial charge in [0.05, 0.1) is 18.8 Å². The molecule has 0 saturated carbocycles. The Morgan fingerprint density at radius 2 is 1.68 bits per heavy atom. The topological polar surface area (TPSA) is 126 Å². The molecule has 0 fully saturated rings. The predicted molar refractivity (Wildman–Crippen MR) is 154 cm³/mol. The first-order valence-corrected chi connectivity index (χ1v) is 13.1. The Hall–Kier alpha value is -4.18. The van der Waals surface area contributed by atoms with E-state index in [0.29, 0.717) is 11.5 Å². The molecular weight excluding hydrogens is 510 g/mol. The van der Waals surface area contributed by atoms with E-state index in [2.05, 4.69) is 20.6 Å². The third-order valence-electron chi connectivity index (χ3n) is 5.35. The van der Waals surface area contributed by atoms with Crippen molar-refractivity contribution in [1.82, 2.24) is 20.2 Å². The van der Waals surface area contributed by atoms with Crippen molar-refractivity contribution in [3.05, 3.63) is 72.2 Å². The van der Waals surface area contributed by atoms with Gasteiger partial charge in [-0.3, -0.25) is 4.98 Å². The van der Waals surface area contributed by atoms with Gasteiger partial charge in [0.2, 0.25) is 0 Å². The van der Waals surface area contributed by atoms with Gasteiger partial charge in [-0.2, -0.15) is 0 Å². The molecule has 10 nitrogen and oxygen atoms in total. The lowest BCUT2D eigenvalue weighted by atomic mass is 10.1. The molecule has 3 N–H and O–H groups in total. The lowest BCUT2D eigenvalue weighted by Gasteiger charge is -2.27. The number of amides is 2. The number of aliphatic hydroxyl groups is 1. The third kappa shape index (κ3) is 10.2. The van der Waals surface area contributed by atoms with Crippen LogP contribution in [0, 0.1) is 0 Å². The number of pyridine rings is 2. The summed E-state index contributed by atoms with van der Waals surface area (Å²) in [7, 11) is 0. The van der Waals surface area contributed by atoms with Crippen LogP contribution in [-0.4, -0.2) is 56.5 Å². The molecule has 214 valence electrons. The molecule has 3 rings (SSSR count). The number of aromatic nitrogens is 2. The molecule has 0 radical (unpaired) electrons. The SMILES string of the molecule is CC(C)(C)OC(=O)NCCN(Cc1ccc(-c2ccnc(Nc3cccc(CO)c3)c2)cn1)C(=O)OC(C)(C)C. The zero-order valence-electron chi connectivity index (χ0n) is 24.0. The van der Waals surface area contributed by atoms with Crippen molar-refractivity contribution in [3.8, 4) is 11.1 Å². The van der Waals surface area contributed by atoms with Crippen LogP contribution in [-0.2, 0) is 22.6 Å². The van der Waals surface area contributed by atoms with Crippen LogP contribution in [0.15, 0.2) is 60.9 Å². The molecule has 0 aliphatic heterocycles. The second-order valence-corrected chi connectivity index (χ2v) is 11.3. The van der Waals surface area contributed by atoms with Crippen molar-refractivity contribution in [2.24, 2.45) is 0 Å². The number of ether oxygens (including phenoxy) is 2. The summed E-state index contributed by atoms with van der Waals surface area (Å²) in [6, 6.07) is 15.1. The maximum absolute atomic E-state index is 12.9. The van der Waals surface area contributed by atoms with Crippen LogP contribution in [0.25, 0.3) is 11.1 Å². The summed E-state index contributed by atoms with van der Waals surface area (Å²) in [6.07, 6.45) is 2.40. The summed E-state index contributed by atoms with van der Waals surface area (Å²) < 4.78 is 10.8. The highest BCUT2D eigenvalue weighted by Gasteiger charge is 2.23. The summed E-state index contributed by atoms with van der Waals surface area (Å²) in [6.45, 7) is 11.3. The van der Waals surface area contributed by atoms with E-state index in [1.807, 2.05) is 48.5 Å². The van der Waals surface area contributed by atoms with Crippen molar-refractivity contribution in [2.75, 3.05) is 18.4 Å². The maximum atomic E-state index is 12.9. The normalized spacial score (nSPS) is 11.5. The summed E-state index contributed by atoms with van der Waals surface area (Å²) in [5.74, 6) is 0.658. The third-order valence-corrected chi connectivity index (χ3v) is 5.35. The molecule has 2 aromatic heterocycles. The van der Waals surface area contributed by atoms with Crippen LogP contribution in [0.1, 0.15) is 52.8 Å². The van der Waals surface area contributed by atoms with Crippen LogP contribution in [0.4, 0.5) is 21.1 Å². The largest absolute Gasteiger partial charge is 0.444 e. The van der Waals surface area contributed by atoms with Gasteiger partial charge in [0.15, 0.2) is 0 Å². The van der Waals surface area contributed by atoms with E-state index in [4.69, 9.17) is 9.47 Å². The number of hydrogen-bond acceptors (Lipinski definition) is 8. The van der Waals surface area contributed by atoms with Gasteiger partial charge in [0, 0.05) is 36.7 Å². The number of benzene rings is 1. The fraction of sp³-hybridized carbons (Fsp3) is 0.400. The van der Waals surface area contributed by atoms with Crippen LogP contribution in [0.3, 0.4) is 0 Å². The first-order chi connectivity index (χ1) is 18.8. The minimum absolute atomic E-state index is 0.0351. The van der Waals surface area contributed by atoms with E-state index in [-0.39, 0.29) is 26.2 Å². The number of nitrogens with zero attached hydrogens (tertiary/aromatic N) is 3. The molecule has 0 unspecified atom stereocenters. The van der Waals surface area contributed by atoms with E-state index in [0.717, 1.165) is 22.4 Å². The molecule has 2 amide bonds. The zero-order valence-corrected chi connectivity index (χ0v) is 24.0. The van der Waals surface area contributed by atoms with Crippen LogP contribution in [0.5, 0.6) is 0 Å². The standard InChI is InChI=1S/C30H39N5O5/c1-29(2,3)39-27(37)32-14-15-35(28(38)40-30(4,5)6)19-25-11-10-23(18-33-25)22-12-13-31-26(17-22)34-24-9-7-8-21(16-24)20-36/h7-13,16-18,36H,14-15,19-20H2,1-6H3,(H,31,34)(H,32,37). The highest BCUT2D eigenvalue weighted by Crippen LogP contribution is 2.24. The van der Waals surface area contributed by atoms with Crippen molar-refractivity contribution < 1.29 is 24.2 Å². The van der Waals surface area contributed by atoms with E-state index in [1.54, 1.807) is 53.9 Å². The molecule has 40 heavy (non-hydrogen) atoms. The summed E-state index contributed by atoms with van der Waals surface area (Å²) in [5.41, 5.74) is 2.82. The van der Waals surface area contributed by atoms with Crippen LogP contribution >= 0.6 is 0 Å². The van der Waals surface area contributed by atoms with Crippen LogP contribution < -0.4 is 10.6 Å². The maximum Gasteiger partial charge on any atom is 0.410 e. The molecule has 10 heteroatoms. The Labute approximate surface area is 235 Å². The lowest BCUT2D eigenvalue weighted by molar-refractivity contribution is 0.0222. The molecule has 0 saturated heterocycles. The molecule has 0 atom stereocenters. The monoisotopic (exact) mass is 549 g/mol. The molecule has 1 aromatic carbocycles. The number of aliphatic hydroxyl groups excluding tert-OH is 1. The van der Waals surface area contributed by atoms with Gasteiger partial charge in [-0.05, 0) is 83.0 Å². The number of hydrogen-bond donors (Lipinski definition) is 3. The number of carbonyl (C=O) groups excluding carboxylic acids is 2. The molecule has 3 aromatic rings. The first-order valence-electron chi connectivity index (χ1n) is 13.1. The second-order valence-electron chi connectivity index (χ2n) is 11.3. The molecule has 0 spiro atoms. The Kier molecular flexibility index (Phi) is 10.1. The van der Waals surface area contributed by atoms with Crippen molar-refractivity contribution in [3.63, 3.8) is 0 Å². The fourth-order valence-electron chi connectivity index (χ4n) is 3.63. The van der Waals surface area contributed by atoms with Gasteiger partial charge in [-0.25, -0.2) is 14.6 Å². The molecule has 0 bridgehead atoms. The van der Waals surface area contributed by atoms with E-state index in [1.165, 1.54) is 4.90 Å². The fourth-order valence-corrected chi connectivity index (χ4v) is 3.63. The second kappa shape index (κ2) is 13.3. The molecule has 2 heterocycles. The summed E-state index contributed by atoms with van der Waals surface area (Å²) in [4.78, 5) is 35.4. The van der Waals surface area contributed by atoms with Gasteiger partial charge < -0.3 is 30.1 Å². The predicted octanol–water partition coefficient (Wildman–Crippen LogP) is 5.64. The Morgan fingerprint density at radius 3 is 2.33 bits per heavy atom. The van der Waals surface area contributed by atoms with Crippen molar-refractivity contribution in [2.45, 2.75) is 65.9 Å². The van der Waals surface area contributed by atoms with Gasteiger partial charge in [-0.15, -0.1) is 0 Å². The quantitative estimate of drug-likeness (QED) is 0.313. The molecular formula is C30H39N5O5. The Balaban J connectivity index is 1.68. The average Bonchev–Trinajstić information content (AvgIpc) is 2.87. The van der Waals surface area contributed by atoms with E-state index in [9.17, 15) is 14.7 Å². The summed E-state index contributed by atoms with van der Waals surface area (Å²) in [5, 5.41) is 15.3. The highest BCUT2D eigenvalue weighted by molar-refractivity contribution is 5.70. The van der Waals surface area contributed by atoms with Crippen molar-refractivity contribution >= 4 is 23.7 Å². The van der Waals surface area contributed by atoms with Crippen LogP contribution in [0.2, 0.25) is 0 Å². The van der Waals surface area contributed by atoms with Crippen molar-refractivity contribution in [1.29, 1.82) is 0 Å². The Bertz CT molecular complexity index is 1280. The number of carbonyl (C=O) groups is 2. The van der Waals surface area contributed by atoms with Gasteiger partial charge >= 0.3 is 12.2 Å². The Morgan fingerprint density at radius 1 is 0.925 bits per heavy atom. The van der Waals surface area contributed by atoms with Gasteiger partial charge in [0.1, 0.15) is 17.0 Å². The minimum Gasteiger partial charge on any atom is -0.444 e. The minimum atomic E-state index is -0.669. The number of nitrogens with one attached hydrogen (secondary N) is 2. The number of alkyl carbamates (subject to hydrolysis) is 1. The van der Waals surface area contributed by atoms with E-state index >= 15 is 0 Å². The lowest BCUT2D eigenvalue weighted by Crippen LogP contribution is -2.42. The van der Waals surface area contributed by atoms with Gasteiger partial charge in [0.25, 0.3) is 0 Å². The number of anilines is 2. The molecule has 0 aliphatic carbocycles. The first kappa shape index (κ1) is 30.4.